The van der Waals surface area contributed by atoms with E-state index in [9.17, 15) is 28.8 Å². The lowest BCUT2D eigenvalue weighted by molar-refractivity contribution is -0.155. The second-order valence-electron chi connectivity index (χ2n) is 15.3. The molecule has 2 rings (SSSR count). The summed E-state index contributed by atoms with van der Waals surface area (Å²) in [5, 5.41) is 5.85. The Labute approximate surface area is 285 Å². The predicted molar refractivity (Wildman–Crippen MR) is 181 cm³/mol. The average Bonchev–Trinajstić information content (AvgIpc) is 3.55. The van der Waals surface area contributed by atoms with E-state index in [4.69, 9.17) is 27.9 Å². The first kappa shape index (κ1) is 41.6. The predicted octanol–water partition coefficient (Wildman–Crippen LogP) is 5.96. The molecule has 46 heavy (non-hydrogen) atoms. The Morgan fingerprint density at radius 3 is 2.07 bits per heavy atom. The van der Waals surface area contributed by atoms with Crippen molar-refractivity contribution >= 4 is 58.5 Å². The molecule has 3 amide bonds. The molecule has 0 aromatic heterocycles. The van der Waals surface area contributed by atoms with E-state index >= 15 is 0 Å². The molecule has 2 fully saturated rings. The Hall–Kier alpha value is -2.46. The van der Waals surface area contributed by atoms with Gasteiger partial charge in [-0.25, -0.2) is 4.79 Å². The third-order valence-corrected chi connectivity index (χ3v) is 7.66. The van der Waals surface area contributed by atoms with Gasteiger partial charge in [0.2, 0.25) is 11.7 Å². The molecule has 262 valence electrons. The summed E-state index contributed by atoms with van der Waals surface area (Å²) in [5.41, 5.74) is -1.75. The molecule has 0 spiro atoms. The van der Waals surface area contributed by atoms with Crippen molar-refractivity contribution in [3.8, 4) is 0 Å². The number of fused-ring (bicyclic) bond motifs is 1. The van der Waals surface area contributed by atoms with Gasteiger partial charge >= 0.3 is 12.0 Å². The summed E-state index contributed by atoms with van der Waals surface area (Å²) < 4.78 is 5.26. The van der Waals surface area contributed by atoms with Crippen molar-refractivity contribution in [2.75, 3.05) is 11.9 Å². The lowest BCUT2D eigenvalue weighted by Crippen LogP contribution is -2.60. The summed E-state index contributed by atoms with van der Waals surface area (Å²) >= 11 is 9.53. The van der Waals surface area contributed by atoms with Crippen LogP contribution in [0.4, 0.5) is 4.79 Å². The summed E-state index contributed by atoms with van der Waals surface area (Å²) in [7, 11) is 0. The van der Waals surface area contributed by atoms with E-state index in [1.807, 2.05) is 41.5 Å². The number of carbonyl (C=O) groups excluding carboxylic acids is 6. The van der Waals surface area contributed by atoms with Crippen LogP contribution in [0, 0.1) is 23.2 Å². The summed E-state index contributed by atoms with van der Waals surface area (Å²) in [4.78, 5) is 80.0. The monoisotopic (exact) mass is 687 g/mol. The average molecular weight is 689 g/mol. The molecule has 1 aliphatic heterocycles. The minimum absolute atomic E-state index is 0.0140. The van der Waals surface area contributed by atoms with Gasteiger partial charge in [-0.2, -0.15) is 0 Å². The van der Waals surface area contributed by atoms with Gasteiger partial charge in [0.25, 0.3) is 0 Å². The zero-order valence-electron chi connectivity index (χ0n) is 29.1. The van der Waals surface area contributed by atoms with Gasteiger partial charge in [0.05, 0.1) is 11.4 Å². The Kier molecular flexibility index (Phi) is 15.9. The van der Waals surface area contributed by atoms with E-state index < -0.39 is 58.1 Å². The third kappa shape index (κ3) is 14.1. The van der Waals surface area contributed by atoms with Crippen LogP contribution in [-0.4, -0.2) is 75.3 Å². The number of hydrogen-bond acceptors (Lipinski definition) is 7. The molecule has 1 unspecified atom stereocenters. The van der Waals surface area contributed by atoms with E-state index in [2.05, 4.69) is 17.2 Å². The van der Waals surface area contributed by atoms with E-state index in [0.717, 1.165) is 6.42 Å². The number of rotatable bonds is 14. The fourth-order valence-electron chi connectivity index (χ4n) is 5.57. The third-order valence-electron chi connectivity index (χ3n) is 7.66. The number of likely N-dealkylation sites (tertiary alicyclic amines) is 1. The molecule has 0 radical (unpaired) electrons. The van der Waals surface area contributed by atoms with Crippen LogP contribution >= 0.6 is 23.2 Å². The topological polar surface area (TPSA) is 139 Å². The molecule has 0 bridgehead atoms. The Morgan fingerprint density at radius 2 is 1.57 bits per heavy atom. The van der Waals surface area contributed by atoms with Crippen molar-refractivity contribution in [3.05, 3.63) is 12.7 Å². The maximum atomic E-state index is 13.9. The number of urea groups is 1. The number of nitrogens with zero attached hydrogens (tertiary/aromatic N) is 1. The minimum atomic E-state index is -0.868. The van der Waals surface area contributed by atoms with E-state index in [1.54, 1.807) is 31.7 Å². The Morgan fingerprint density at radius 1 is 0.978 bits per heavy atom. The van der Waals surface area contributed by atoms with Gasteiger partial charge in [-0.15, -0.1) is 29.8 Å². The molecule has 0 aromatic rings. The normalized spacial score (nSPS) is 20.2. The number of ketones is 3. The number of piperidine rings is 1. The number of allylic oxidation sites excluding steroid dienone is 1. The zero-order chi connectivity index (χ0) is 35.6. The molecule has 12 heteroatoms. The fourth-order valence-corrected chi connectivity index (χ4v) is 5.57. The van der Waals surface area contributed by atoms with Crippen LogP contribution < -0.4 is 10.6 Å². The number of amides is 3. The molecular formula is C34H55Cl2N3O7. The second-order valence-corrected chi connectivity index (χ2v) is 16.1. The van der Waals surface area contributed by atoms with E-state index in [1.165, 1.54) is 0 Å². The zero-order valence-corrected chi connectivity index (χ0v) is 30.6. The Balaban J connectivity index is 0.00000338. The van der Waals surface area contributed by atoms with Crippen molar-refractivity contribution in [3.63, 3.8) is 0 Å². The lowest BCUT2D eigenvalue weighted by atomic mass is 9.84. The first-order valence-electron chi connectivity index (χ1n) is 16.0. The lowest BCUT2D eigenvalue weighted by Gasteiger charge is -2.37. The van der Waals surface area contributed by atoms with Gasteiger partial charge in [0.1, 0.15) is 11.6 Å². The van der Waals surface area contributed by atoms with Gasteiger partial charge in [-0.05, 0) is 84.5 Å². The van der Waals surface area contributed by atoms with Crippen LogP contribution in [0.1, 0.15) is 107 Å². The highest BCUT2D eigenvalue weighted by atomic mass is 35.5. The van der Waals surface area contributed by atoms with Crippen molar-refractivity contribution < 1.29 is 33.5 Å². The van der Waals surface area contributed by atoms with Crippen LogP contribution in [0.5, 0.6) is 0 Å². The summed E-state index contributed by atoms with van der Waals surface area (Å²) in [5.74, 6) is -2.85. The quantitative estimate of drug-likeness (QED) is 0.0994. The molecule has 5 atom stereocenters. The van der Waals surface area contributed by atoms with Gasteiger partial charge in [0.15, 0.2) is 11.6 Å². The van der Waals surface area contributed by atoms with Crippen LogP contribution in [-0.2, 0) is 28.7 Å². The number of nitrogens with one attached hydrogen (secondary N) is 2. The van der Waals surface area contributed by atoms with Gasteiger partial charge < -0.3 is 20.3 Å². The van der Waals surface area contributed by atoms with E-state index in [-0.39, 0.29) is 54.5 Å². The van der Waals surface area contributed by atoms with Crippen LogP contribution in [0.3, 0.4) is 0 Å². The van der Waals surface area contributed by atoms with Gasteiger partial charge in [-0.1, -0.05) is 26.8 Å². The molecule has 10 nitrogen and oxygen atoms in total. The van der Waals surface area contributed by atoms with Crippen LogP contribution in [0.2, 0.25) is 0 Å². The molecule has 1 aliphatic carbocycles. The first-order chi connectivity index (χ1) is 21.1. The standard InChI is InChI=1S/C33H53N3O7.CH2Cl2/c1-11-12-14-20(27(40)23(37)15-13-16-25(39)43-33(8,9)10)18-24(38)26-22-17-21(22)19-36(26)29(41)28(31(2,3)4)34-30(42)35-32(5,6)7;2-1-3/h11,20-22,26,28H,1,12-19H2,2-10H3,(H2,34,35,42);1H2/t20?,21-,22-,26-,28+;/m0./s1. The number of ether oxygens (including phenoxy) is 1. The number of carbonyl (C=O) groups is 6. The molecule has 1 heterocycles. The molecule has 2 aliphatic rings. The van der Waals surface area contributed by atoms with Crippen molar-refractivity contribution in [2.45, 2.75) is 130 Å². The molecule has 1 saturated carbocycles. The number of halogens is 2. The second kappa shape index (κ2) is 17.6. The number of alkyl halides is 2. The Bertz CT molecular complexity index is 1120. The molecule has 1 saturated heterocycles. The smallest absolute Gasteiger partial charge is 0.315 e. The molecular weight excluding hydrogens is 633 g/mol. The van der Waals surface area contributed by atoms with Crippen molar-refractivity contribution in [2.24, 2.45) is 23.2 Å². The first-order valence-corrected chi connectivity index (χ1v) is 17.1. The highest BCUT2D eigenvalue weighted by Crippen LogP contribution is 2.50. The summed E-state index contributed by atoms with van der Waals surface area (Å²) in [6.07, 6.45) is 3.15. The largest absolute Gasteiger partial charge is 0.460 e. The maximum absolute atomic E-state index is 13.9. The molecule has 0 aromatic carbocycles. The highest BCUT2D eigenvalue weighted by Gasteiger charge is 2.58. The number of hydrogen-bond donors (Lipinski definition) is 2. The fraction of sp³-hybridized carbons (Fsp3) is 0.765. The summed E-state index contributed by atoms with van der Waals surface area (Å²) in [6.45, 7) is 20.5. The number of esters is 1. The van der Waals surface area contributed by atoms with Crippen molar-refractivity contribution in [1.29, 1.82) is 0 Å². The van der Waals surface area contributed by atoms with Crippen LogP contribution in [0.15, 0.2) is 12.7 Å². The maximum Gasteiger partial charge on any atom is 0.315 e. The molecule has 2 N–H and O–H groups in total. The van der Waals surface area contributed by atoms with E-state index in [0.29, 0.717) is 19.4 Å². The van der Waals surface area contributed by atoms with Gasteiger partial charge in [0, 0.05) is 37.3 Å². The van der Waals surface area contributed by atoms with Gasteiger partial charge in [-0.3, -0.25) is 24.0 Å². The SMILES string of the molecule is C=CCCC(CC(=O)[C@@H]1[C@H]2C[C@H]2CN1C(=O)[C@@H](NC(=O)NC(C)(C)C)C(C)(C)C)C(=O)C(=O)CCCC(=O)OC(C)(C)C.ClCCl. The summed E-state index contributed by atoms with van der Waals surface area (Å²) in [6, 6.07) is -2.03. The number of Topliss-reactive ketones (excluding diaryl/α,β-unsaturated/α-hetero) is 3. The van der Waals surface area contributed by atoms with Crippen molar-refractivity contribution in [1.82, 2.24) is 15.5 Å². The highest BCUT2D eigenvalue weighted by molar-refractivity contribution is 6.40. The van der Waals surface area contributed by atoms with Crippen LogP contribution in [0.25, 0.3) is 0 Å². The minimum Gasteiger partial charge on any atom is -0.460 e.